The first-order chi connectivity index (χ1) is 11.1. The number of hydrogen-bond acceptors (Lipinski definition) is 4. The van der Waals surface area contributed by atoms with Crippen LogP contribution in [0.5, 0.6) is 5.88 Å². The van der Waals surface area contributed by atoms with Gasteiger partial charge in [-0.05, 0) is 26.8 Å². The molecule has 0 unspecified atom stereocenters. The number of pyridine rings is 1. The van der Waals surface area contributed by atoms with Crippen LogP contribution in [0.1, 0.15) is 31.1 Å². The number of amides is 2. The van der Waals surface area contributed by atoms with Crippen molar-refractivity contribution >= 4 is 11.8 Å². The van der Waals surface area contributed by atoms with Gasteiger partial charge in [0.05, 0.1) is 12.1 Å². The van der Waals surface area contributed by atoms with Crippen molar-refractivity contribution in [3.63, 3.8) is 0 Å². The van der Waals surface area contributed by atoms with Crippen LogP contribution in [0.3, 0.4) is 0 Å². The highest BCUT2D eigenvalue weighted by Gasteiger charge is 2.28. The summed E-state index contributed by atoms with van der Waals surface area (Å²) in [6, 6.07) is 2.45. The van der Waals surface area contributed by atoms with Crippen LogP contribution >= 0.6 is 0 Å². The number of carbonyl (C=O) groups is 2. The van der Waals surface area contributed by atoms with E-state index in [1.165, 1.54) is 17.0 Å². The van der Waals surface area contributed by atoms with Gasteiger partial charge in [0.1, 0.15) is 0 Å². The molecule has 1 N–H and O–H groups in total. The van der Waals surface area contributed by atoms with Crippen LogP contribution < -0.4 is 10.1 Å². The fraction of sp³-hybridized carbons (Fsp3) is 0.533. The number of halogens is 3. The topological polar surface area (TPSA) is 71.5 Å². The van der Waals surface area contributed by atoms with Gasteiger partial charge in [-0.2, -0.15) is 13.2 Å². The maximum absolute atomic E-state index is 12.3. The molecule has 1 heterocycles. The van der Waals surface area contributed by atoms with E-state index in [9.17, 15) is 22.8 Å². The molecular weight excluding hydrogens is 327 g/mol. The molecule has 9 heteroatoms. The SMILES string of the molecule is CCN(CC(=O)NC(C)C)C(=O)c1ccc(OCC(F)(F)F)nc1. The molecule has 0 fully saturated rings. The number of likely N-dealkylation sites (N-methyl/N-ethyl adjacent to an activating group) is 1. The first-order valence-electron chi connectivity index (χ1n) is 7.36. The number of hydrogen-bond donors (Lipinski definition) is 1. The zero-order valence-corrected chi connectivity index (χ0v) is 13.7. The number of nitrogens with zero attached hydrogens (tertiary/aromatic N) is 2. The van der Waals surface area contributed by atoms with Gasteiger partial charge in [-0.25, -0.2) is 4.98 Å². The van der Waals surface area contributed by atoms with E-state index in [4.69, 9.17) is 0 Å². The number of alkyl halides is 3. The zero-order valence-electron chi connectivity index (χ0n) is 13.7. The van der Waals surface area contributed by atoms with Crippen LogP contribution in [0.2, 0.25) is 0 Å². The van der Waals surface area contributed by atoms with Crippen LogP contribution in [0.4, 0.5) is 13.2 Å². The van der Waals surface area contributed by atoms with Crippen molar-refractivity contribution in [1.29, 1.82) is 0 Å². The number of aromatic nitrogens is 1. The van der Waals surface area contributed by atoms with Gasteiger partial charge in [0.2, 0.25) is 11.8 Å². The summed E-state index contributed by atoms with van der Waals surface area (Å²) in [5, 5.41) is 2.68. The summed E-state index contributed by atoms with van der Waals surface area (Å²) in [5.74, 6) is -0.964. The monoisotopic (exact) mass is 347 g/mol. The first kappa shape index (κ1) is 19.7. The molecule has 0 aliphatic heterocycles. The van der Waals surface area contributed by atoms with Crippen molar-refractivity contribution in [1.82, 2.24) is 15.2 Å². The van der Waals surface area contributed by atoms with Gasteiger partial charge in [0, 0.05) is 24.8 Å². The second kappa shape index (κ2) is 8.51. The number of rotatable bonds is 7. The minimum Gasteiger partial charge on any atom is -0.468 e. The third-order valence-electron chi connectivity index (χ3n) is 2.82. The maximum atomic E-state index is 12.3. The Labute approximate surface area is 138 Å². The lowest BCUT2D eigenvalue weighted by molar-refractivity contribution is -0.154. The van der Waals surface area contributed by atoms with Crippen LogP contribution in [-0.2, 0) is 4.79 Å². The Bertz CT molecular complexity index is 559. The van der Waals surface area contributed by atoms with Gasteiger partial charge in [0.15, 0.2) is 6.61 Å². The van der Waals surface area contributed by atoms with Gasteiger partial charge >= 0.3 is 6.18 Å². The van der Waals surface area contributed by atoms with Crippen LogP contribution in [0, 0.1) is 0 Å². The average Bonchev–Trinajstić information content (AvgIpc) is 2.49. The van der Waals surface area contributed by atoms with Crippen LogP contribution in [0.25, 0.3) is 0 Å². The molecule has 1 aromatic heterocycles. The molecular formula is C15H20F3N3O3. The molecule has 1 rings (SSSR count). The Hall–Kier alpha value is -2.32. The van der Waals surface area contributed by atoms with Crippen LogP contribution in [-0.4, -0.2) is 53.6 Å². The highest BCUT2D eigenvalue weighted by atomic mass is 19.4. The molecule has 0 saturated heterocycles. The third-order valence-corrected chi connectivity index (χ3v) is 2.82. The summed E-state index contributed by atoms with van der Waals surface area (Å²) in [4.78, 5) is 29.0. The minimum atomic E-state index is -4.46. The third kappa shape index (κ3) is 6.84. The molecule has 6 nitrogen and oxygen atoms in total. The largest absolute Gasteiger partial charge is 0.468 e. The van der Waals surface area contributed by atoms with E-state index in [2.05, 4.69) is 15.0 Å². The quantitative estimate of drug-likeness (QED) is 0.819. The van der Waals surface area contributed by atoms with Gasteiger partial charge in [-0.3, -0.25) is 9.59 Å². The normalized spacial score (nSPS) is 11.3. The summed E-state index contributed by atoms with van der Waals surface area (Å²) in [5.41, 5.74) is 0.161. The van der Waals surface area contributed by atoms with E-state index in [0.717, 1.165) is 6.20 Å². The molecule has 0 radical (unpaired) electrons. The van der Waals surface area contributed by atoms with Crippen LogP contribution in [0.15, 0.2) is 18.3 Å². The summed E-state index contributed by atoms with van der Waals surface area (Å²) >= 11 is 0. The Morgan fingerprint density at radius 3 is 2.46 bits per heavy atom. The van der Waals surface area contributed by atoms with E-state index in [1.807, 2.05) is 0 Å². The predicted molar refractivity (Wildman–Crippen MR) is 80.6 cm³/mol. The van der Waals surface area contributed by atoms with Crippen molar-refractivity contribution in [2.24, 2.45) is 0 Å². The van der Waals surface area contributed by atoms with Crippen molar-refractivity contribution in [3.05, 3.63) is 23.9 Å². The molecule has 1 aromatic rings. The molecule has 2 amide bonds. The predicted octanol–water partition coefficient (Wildman–Crippen LogP) is 2.01. The lowest BCUT2D eigenvalue weighted by Gasteiger charge is -2.21. The zero-order chi connectivity index (χ0) is 18.3. The second-order valence-electron chi connectivity index (χ2n) is 5.33. The van der Waals surface area contributed by atoms with E-state index < -0.39 is 18.7 Å². The van der Waals surface area contributed by atoms with E-state index in [1.54, 1.807) is 20.8 Å². The molecule has 0 aliphatic carbocycles. The van der Waals surface area contributed by atoms with Crippen molar-refractivity contribution in [3.8, 4) is 5.88 Å². The summed E-state index contributed by atoms with van der Waals surface area (Å²) in [6.07, 6.45) is -3.34. The van der Waals surface area contributed by atoms with Gasteiger partial charge in [-0.1, -0.05) is 0 Å². The highest BCUT2D eigenvalue weighted by molar-refractivity contribution is 5.96. The highest BCUT2D eigenvalue weighted by Crippen LogP contribution is 2.17. The number of carbonyl (C=O) groups excluding carboxylic acids is 2. The average molecular weight is 347 g/mol. The Balaban J connectivity index is 2.69. The molecule has 0 bridgehead atoms. The Morgan fingerprint density at radius 2 is 2.00 bits per heavy atom. The van der Waals surface area contributed by atoms with Gasteiger partial charge in [-0.15, -0.1) is 0 Å². The smallest absolute Gasteiger partial charge is 0.422 e. The number of ether oxygens (including phenoxy) is 1. The molecule has 0 atom stereocenters. The molecule has 0 spiro atoms. The summed E-state index contributed by atoms with van der Waals surface area (Å²) in [6.45, 7) is 4.06. The minimum absolute atomic E-state index is 0.0435. The van der Waals surface area contributed by atoms with Gasteiger partial charge in [0.25, 0.3) is 5.91 Å². The van der Waals surface area contributed by atoms with Crippen molar-refractivity contribution in [2.45, 2.75) is 33.0 Å². The van der Waals surface area contributed by atoms with E-state index >= 15 is 0 Å². The lowest BCUT2D eigenvalue weighted by atomic mass is 10.2. The van der Waals surface area contributed by atoms with E-state index in [-0.39, 0.29) is 29.9 Å². The van der Waals surface area contributed by atoms with Gasteiger partial charge < -0.3 is 15.0 Å². The molecule has 134 valence electrons. The molecule has 0 saturated carbocycles. The standard InChI is InChI=1S/C15H20F3N3O3/c1-4-21(8-12(22)20-10(2)3)14(23)11-5-6-13(19-7-11)24-9-15(16,17)18/h5-7,10H,4,8-9H2,1-3H3,(H,20,22). The summed E-state index contributed by atoms with van der Waals surface area (Å²) < 4.78 is 40.7. The molecule has 0 aliphatic rings. The summed E-state index contributed by atoms with van der Waals surface area (Å²) in [7, 11) is 0. The van der Waals surface area contributed by atoms with E-state index in [0.29, 0.717) is 6.54 Å². The first-order valence-corrected chi connectivity index (χ1v) is 7.36. The molecule has 0 aromatic carbocycles. The lowest BCUT2D eigenvalue weighted by Crippen LogP contribution is -2.42. The maximum Gasteiger partial charge on any atom is 0.422 e. The fourth-order valence-corrected chi connectivity index (χ4v) is 1.80. The second-order valence-corrected chi connectivity index (χ2v) is 5.33. The Morgan fingerprint density at radius 1 is 1.33 bits per heavy atom. The number of nitrogens with one attached hydrogen (secondary N) is 1. The Kier molecular flexibility index (Phi) is 6.99. The fourth-order valence-electron chi connectivity index (χ4n) is 1.80. The molecule has 24 heavy (non-hydrogen) atoms. The van der Waals surface area contributed by atoms with Crippen molar-refractivity contribution in [2.75, 3.05) is 19.7 Å². The van der Waals surface area contributed by atoms with Crippen molar-refractivity contribution < 1.29 is 27.5 Å².